The Labute approximate surface area is 182 Å². The quantitative estimate of drug-likeness (QED) is 0.620. The topological polar surface area (TPSA) is 47.6 Å². The van der Waals surface area contributed by atoms with Gasteiger partial charge in [-0.1, -0.05) is 43.6 Å². The summed E-state index contributed by atoms with van der Waals surface area (Å²) in [7, 11) is 1.84. The van der Waals surface area contributed by atoms with Crippen LogP contribution in [-0.4, -0.2) is 24.7 Å². The first kappa shape index (κ1) is 19.9. The van der Waals surface area contributed by atoms with Crippen molar-refractivity contribution < 1.29 is 14.3 Å². The number of hydrogen-bond donors (Lipinski definition) is 1. The molecule has 2 fully saturated rings. The van der Waals surface area contributed by atoms with E-state index in [9.17, 15) is 4.79 Å². The summed E-state index contributed by atoms with van der Waals surface area (Å²) < 4.78 is 14.2. The summed E-state index contributed by atoms with van der Waals surface area (Å²) in [5.74, 6) is 2.01. The Morgan fingerprint density at radius 3 is 2.69 bits per heavy atom. The smallest absolute Gasteiger partial charge is 0.252 e. The molecule has 0 saturated heterocycles. The molecular weight excluding hydrogens is 430 g/mol. The molecule has 2 heterocycles. The molecule has 1 spiro atoms. The summed E-state index contributed by atoms with van der Waals surface area (Å²) in [6.07, 6.45) is 5.63. The van der Waals surface area contributed by atoms with E-state index in [1.165, 1.54) is 18.4 Å². The zero-order valence-electron chi connectivity index (χ0n) is 18.2. The van der Waals surface area contributed by atoms with Crippen molar-refractivity contribution in [2.75, 3.05) is 7.11 Å². The summed E-state index contributed by atoms with van der Waals surface area (Å²) in [5.41, 5.74) is 2.96. The Balaban J connectivity index is 1.74. The second-order valence-corrected chi connectivity index (χ2v) is 11.6. The average molecular weight is 462 g/mol. The lowest BCUT2D eigenvalue weighted by molar-refractivity contribution is -0.233. The molecule has 29 heavy (non-hydrogen) atoms. The van der Waals surface area contributed by atoms with Crippen LogP contribution in [-0.2, 0) is 17.7 Å². The molecule has 0 aromatic heterocycles. The molecule has 1 aromatic rings. The molecule has 0 unspecified atom stereocenters. The lowest BCUT2D eigenvalue weighted by Crippen LogP contribution is -2.70. The average Bonchev–Trinajstić information content (AvgIpc) is 3.02. The van der Waals surface area contributed by atoms with Crippen molar-refractivity contribution in [1.29, 1.82) is 0 Å². The monoisotopic (exact) mass is 461 g/mol. The maximum atomic E-state index is 12.4. The van der Waals surface area contributed by atoms with E-state index in [-0.39, 0.29) is 28.4 Å². The number of benzene rings is 1. The first-order chi connectivity index (χ1) is 13.6. The molecule has 2 aliphatic heterocycles. The van der Waals surface area contributed by atoms with Gasteiger partial charge >= 0.3 is 0 Å². The van der Waals surface area contributed by atoms with E-state index in [2.05, 4.69) is 48.9 Å². The fourth-order valence-electron chi connectivity index (χ4n) is 7.23. The number of carbonyl (C=O) groups excluding carboxylic acids is 1. The molecule has 2 aliphatic carbocycles. The van der Waals surface area contributed by atoms with Gasteiger partial charge in [-0.05, 0) is 43.1 Å². The minimum atomic E-state index is -0.264. The highest BCUT2D eigenvalue weighted by atomic mass is 79.9. The molecular formula is C24H32BrNO3. The number of methoxy groups -OCH3 is 1. The van der Waals surface area contributed by atoms with Crippen molar-refractivity contribution in [2.45, 2.75) is 78.0 Å². The van der Waals surface area contributed by atoms with Crippen LogP contribution in [0.1, 0.15) is 74.9 Å². The van der Waals surface area contributed by atoms with E-state index in [0.717, 1.165) is 40.6 Å². The highest BCUT2D eigenvalue weighted by molar-refractivity contribution is 9.10. The molecule has 4 nitrogen and oxygen atoms in total. The van der Waals surface area contributed by atoms with Gasteiger partial charge in [0.05, 0.1) is 6.10 Å². The first-order valence-corrected chi connectivity index (χ1v) is 11.8. The maximum Gasteiger partial charge on any atom is 0.252 e. The molecule has 0 bridgehead atoms. The second kappa shape index (κ2) is 6.23. The van der Waals surface area contributed by atoms with E-state index in [0.29, 0.717) is 18.4 Å². The SMILES string of the molecule is CO[C@@H]1CC(C)(C)[C@@H]2CC[C@H](C)[C@@]3(C)Cc4c(Br)cc5c(c4O[C@@]23C1)CNC5=O. The van der Waals surface area contributed by atoms with Gasteiger partial charge in [-0.2, -0.15) is 0 Å². The van der Waals surface area contributed by atoms with Crippen LogP contribution in [0.15, 0.2) is 10.5 Å². The molecule has 1 amide bonds. The molecule has 1 aromatic carbocycles. The fraction of sp³-hybridized carbons (Fsp3) is 0.708. The Hall–Kier alpha value is -1.07. The third kappa shape index (κ3) is 2.49. The number of ether oxygens (including phenoxy) is 2. The Morgan fingerprint density at radius 1 is 1.21 bits per heavy atom. The fourth-order valence-corrected chi connectivity index (χ4v) is 7.78. The number of nitrogens with one attached hydrogen (secondary N) is 1. The summed E-state index contributed by atoms with van der Waals surface area (Å²) >= 11 is 3.77. The van der Waals surface area contributed by atoms with Crippen molar-refractivity contribution in [2.24, 2.45) is 22.7 Å². The highest BCUT2D eigenvalue weighted by Gasteiger charge is 2.67. The van der Waals surface area contributed by atoms with Gasteiger partial charge in [0.1, 0.15) is 11.4 Å². The lowest BCUT2D eigenvalue weighted by Gasteiger charge is -2.67. The van der Waals surface area contributed by atoms with Crippen LogP contribution in [0, 0.1) is 22.7 Å². The molecule has 2 saturated carbocycles. The number of rotatable bonds is 1. The summed E-state index contributed by atoms with van der Waals surface area (Å²) in [4.78, 5) is 12.4. The van der Waals surface area contributed by atoms with Gasteiger partial charge in [-0.3, -0.25) is 4.79 Å². The number of halogens is 1. The van der Waals surface area contributed by atoms with Gasteiger partial charge in [0.25, 0.3) is 5.91 Å². The van der Waals surface area contributed by atoms with Crippen molar-refractivity contribution in [3.05, 3.63) is 27.2 Å². The number of fused-ring (bicyclic) bond motifs is 3. The van der Waals surface area contributed by atoms with E-state index >= 15 is 0 Å². The van der Waals surface area contributed by atoms with Crippen molar-refractivity contribution in [3.63, 3.8) is 0 Å². The van der Waals surface area contributed by atoms with Crippen LogP contribution < -0.4 is 10.1 Å². The number of amides is 1. The third-order valence-electron chi connectivity index (χ3n) is 9.00. The van der Waals surface area contributed by atoms with Gasteiger partial charge in [-0.25, -0.2) is 0 Å². The molecule has 5 rings (SSSR count). The van der Waals surface area contributed by atoms with E-state index in [1.54, 1.807) is 0 Å². The van der Waals surface area contributed by atoms with Gasteiger partial charge in [0, 0.05) is 52.6 Å². The normalized spacial score (nSPS) is 39.5. The molecule has 0 radical (unpaired) electrons. The summed E-state index contributed by atoms with van der Waals surface area (Å²) in [6, 6.07) is 1.99. The van der Waals surface area contributed by atoms with E-state index < -0.39 is 0 Å². The largest absolute Gasteiger partial charge is 0.486 e. The molecule has 5 atom stereocenters. The molecule has 4 aliphatic rings. The standard InChI is InChI=1S/C24H32BrNO3/c1-13-6-7-19-22(2,3)9-14(28-5)10-24(19)23(13,4)11-16-18(25)8-15-17(20(16)29-24)12-26-21(15)27/h8,13-14,19H,6-7,9-12H2,1-5H3,(H,26,27)/t13-,14+,19-,23+,24-/m0/s1. The maximum absolute atomic E-state index is 12.4. The first-order valence-electron chi connectivity index (χ1n) is 11.0. The van der Waals surface area contributed by atoms with Crippen molar-refractivity contribution >= 4 is 21.8 Å². The third-order valence-corrected chi connectivity index (χ3v) is 9.71. The minimum Gasteiger partial charge on any atom is -0.486 e. The second-order valence-electron chi connectivity index (χ2n) is 10.7. The Morgan fingerprint density at radius 2 is 1.97 bits per heavy atom. The van der Waals surface area contributed by atoms with Gasteiger partial charge in [-0.15, -0.1) is 0 Å². The Kier molecular flexibility index (Phi) is 4.27. The molecule has 1 N–H and O–H groups in total. The van der Waals surface area contributed by atoms with Crippen molar-refractivity contribution in [3.8, 4) is 5.75 Å². The van der Waals surface area contributed by atoms with Gasteiger partial charge in [0.2, 0.25) is 0 Å². The minimum absolute atomic E-state index is 0.00485. The van der Waals surface area contributed by atoms with Crippen LogP contribution in [0.25, 0.3) is 0 Å². The predicted octanol–water partition coefficient (Wildman–Crippen LogP) is 5.25. The van der Waals surface area contributed by atoms with Crippen LogP contribution in [0.2, 0.25) is 0 Å². The van der Waals surface area contributed by atoms with Crippen LogP contribution >= 0.6 is 15.9 Å². The molecule has 5 heteroatoms. The van der Waals surface area contributed by atoms with E-state index in [1.807, 2.05) is 13.2 Å². The highest BCUT2D eigenvalue weighted by Crippen LogP contribution is 2.66. The zero-order chi connectivity index (χ0) is 20.8. The Bertz CT molecular complexity index is 897. The van der Waals surface area contributed by atoms with Gasteiger partial charge < -0.3 is 14.8 Å². The van der Waals surface area contributed by atoms with Crippen LogP contribution in [0.3, 0.4) is 0 Å². The van der Waals surface area contributed by atoms with Crippen LogP contribution in [0.5, 0.6) is 5.75 Å². The summed E-state index contributed by atoms with van der Waals surface area (Å²) in [5, 5.41) is 2.99. The van der Waals surface area contributed by atoms with Gasteiger partial charge in [0.15, 0.2) is 0 Å². The lowest BCUT2D eigenvalue weighted by atomic mass is 9.44. The van der Waals surface area contributed by atoms with E-state index in [4.69, 9.17) is 9.47 Å². The summed E-state index contributed by atoms with van der Waals surface area (Å²) in [6.45, 7) is 10.2. The van der Waals surface area contributed by atoms with Crippen molar-refractivity contribution in [1.82, 2.24) is 5.32 Å². The number of carbonyl (C=O) groups is 1. The molecule has 158 valence electrons. The predicted molar refractivity (Wildman–Crippen MR) is 116 cm³/mol. The zero-order valence-corrected chi connectivity index (χ0v) is 19.7. The number of hydrogen-bond acceptors (Lipinski definition) is 3. The van der Waals surface area contributed by atoms with Crippen LogP contribution in [0.4, 0.5) is 0 Å².